The minimum absolute atomic E-state index is 0.0917. The smallest absolute Gasteiger partial charge is 0.244 e. The van der Waals surface area contributed by atoms with E-state index in [2.05, 4.69) is 10.3 Å². The Morgan fingerprint density at radius 3 is 2.67 bits per heavy atom. The second kappa shape index (κ2) is 10.6. The first kappa shape index (κ1) is 23.0. The highest BCUT2D eigenvalue weighted by atomic mass is 35.5. The average Bonchev–Trinajstić information content (AvgIpc) is 2.84. The van der Waals surface area contributed by atoms with Crippen LogP contribution in [0.2, 0.25) is 5.02 Å². The molecule has 3 aromatic rings. The fourth-order valence-corrected chi connectivity index (χ4v) is 3.98. The predicted octanol–water partition coefficient (Wildman–Crippen LogP) is 5.54. The fourth-order valence-electron chi connectivity index (χ4n) is 3.86. The normalized spacial score (nSPS) is 15.3. The summed E-state index contributed by atoms with van der Waals surface area (Å²) in [5.74, 6) is -0.230. The van der Waals surface area contributed by atoms with Gasteiger partial charge in [-0.25, -0.2) is 4.39 Å². The second-order valence-electron chi connectivity index (χ2n) is 7.93. The highest BCUT2D eigenvalue weighted by Gasteiger charge is 2.34. The molecule has 0 atom stereocenters. The molecular formula is C26H24ClFN2O3. The number of halogens is 2. The Morgan fingerprint density at radius 1 is 1.18 bits per heavy atom. The van der Waals surface area contributed by atoms with E-state index in [-0.39, 0.29) is 17.1 Å². The molecule has 1 aromatic heterocycles. The molecule has 1 amide bonds. The van der Waals surface area contributed by atoms with Crippen molar-refractivity contribution in [3.05, 3.63) is 95.0 Å². The number of carbonyl (C=O) groups is 1. The number of pyridine rings is 1. The molecule has 1 aliphatic rings. The zero-order valence-corrected chi connectivity index (χ0v) is 18.7. The molecule has 1 fully saturated rings. The molecule has 0 aliphatic carbocycles. The molecule has 5 nitrogen and oxygen atoms in total. The molecule has 0 spiro atoms. The van der Waals surface area contributed by atoms with Crippen LogP contribution in [0.4, 0.5) is 4.39 Å². The monoisotopic (exact) mass is 466 g/mol. The van der Waals surface area contributed by atoms with Crippen LogP contribution in [0.15, 0.2) is 73.1 Å². The molecule has 33 heavy (non-hydrogen) atoms. The van der Waals surface area contributed by atoms with Crippen molar-refractivity contribution in [2.75, 3.05) is 19.8 Å². The van der Waals surface area contributed by atoms with Gasteiger partial charge >= 0.3 is 0 Å². The topological polar surface area (TPSA) is 60.5 Å². The van der Waals surface area contributed by atoms with Gasteiger partial charge in [-0.1, -0.05) is 29.8 Å². The summed E-state index contributed by atoms with van der Waals surface area (Å²) < 4.78 is 25.5. The molecule has 170 valence electrons. The third-order valence-electron chi connectivity index (χ3n) is 5.75. The van der Waals surface area contributed by atoms with Crippen molar-refractivity contribution >= 4 is 23.6 Å². The molecule has 1 N–H and O–H groups in total. The first-order valence-corrected chi connectivity index (χ1v) is 11.1. The van der Waals surface area contributed by atoms with Gasteiger partial charge in [0, 0.05) is 42.5 Å². The summed E-state index contributed by atoms with van der Waals surface area (Å²) in [5.41, 5.74) is 1.48. The van der Waals surface area contributed by atoms with Crippen LogP contribution in [0, 0.1) is 5.82 Å². The molecular weight excluding hydrogens is 443 g/mol. The van der Waals surface area contributed by atoms with Crippen molar-refractivity contribution < 1.29 is 18.7 Å². The van der Waals surface area contributed by atoms with E-state index >= 15 is 0 Å². The second-order valence-corrected chi connectivity index (χ2v) is 8.37. The first-order chi connectivity index (χ1) is 16.0. The lowest BCUT2D eigenvalue weighted by molar-refractivity contribution is -0.116. The largest absolute Gasteiger partial charge is 0.453 e. The summed E-state index contributed by atoms with van der Waals surface area (Å²) in [5, 5.41) is 3.67. The summed E-state index contributed by atoms with van der Waals surface area (Å²) in [4.78, 5) is 16.4. The Morgan fingerprint density at radius 2 is 1.97 bits per heavy atom. The van der Waals surface area contributed by atoms with Gasteiger partial charge < -0.3 is 14.8 Å². The molecule has 0 bridgehead atoms. The SMILES string of the molecule is O=C(/C=C/c1ccc(Oc2cccnc2)c(F)c1)NCC1(c2ccc(Cl)cc2)CCOCC1. The van der Waals surface area contributed by atoms with E-state index in [0.29, 0.717) is 36.1 Å². The lowest BCUT2D eigenvalue weighted by Gasteiger charge is -2.37. The molecule has 2 aromatic carbocycles. The van der Waals surface area contributed by atoms with E-state index in [1.54, 1.807) is 30.5 Å². The molecule has 1 saturated heterocycles. The Bertz CT molecular complexity index is 1110. The van der Waals surface area contributed by atoms with Gasteiger partial charge in [0.05, 0.1) is 6.20 Å². The highest BCUT2D eigenvalue weighted by molar-refractivity contribution is 6.30. The summed E-state index contributed by atoms with van der Waals surface area (Å²) in [6.45, 7) is 1.76. The van der Waals surface area contributed by atoms with Gasteiger partial charge in [-0.2, -0.15) is 0 Å². The maximum absolute atomic E-state index is 14.4. The van der Waals surface area contributed by atoms with Crippen LogP contribution in [0.3, 0.4) is 0 Å². The van der Waals surface area contributed by atoms with E-state index < -0.39 is 5.82 Å². The van der Waals surface area contributed by atoms with Crippen LogP contribution in [0.5, 0.6) is 11.5 Å². The van der Waals surface area contributed by atoms with Gasteiger partial charge in [-0.15, -0.1) is 0 Å². The van der Waals surface area contributed by atoms with E-state index in [0.717, 1.165) is 18.4 Å². The summed E-state index contributed by atoms with van der Waals surface area (Å²) >= 11 is 6.04. The van der Waals surface area contributed by atoms with E-state index in [4.69, 9.17) is 21.1 Å². The summed E-state index contributed by atoms with van der Waals surface area (Å²) in [6, 6.07) is 15.7. The van der Waals surface area contributed by atoms with Crippen LogP contribution in [0.25, 0.3) is 6.08 Å². The molecule has 0 unspecified atom stereocenters. The van der Waals surface area contributed by atoms with Gasteiger partial charge in [0.15, 0.2) is 11.6 Å². The Hall–Kier alpha value is -3.22. The number of amides is 1. The molecule has 1 aliphatic heterocycles. The van der Waals surface area contributed by atoms with Crippen LogP contribution in [-0.4, -0.2) is 30.6 Å². The highest BCUT2D eigenvalue weighted by Crippen LogP contribution is 2.35. The predicted molar refractivity (Wildman–Crippen MR) is 126 cm³/mol. The number of rotatable bonds is 7. The van der Waals surface area contributed by atoms with Crippen molar-refractivity contribution in [2.24, 2.45) is 0 Å². The molecule has 2 heterocycles. The van der Waals surface area contributed by atoms with E-state index in [1.165, 1.54) is 24.4 Å². The van der Waals surface area contributed by atoms with Gasteiger partial charge in [0.2, 0.25) is 5.91 Å². The zero-order valence-electron chi connectivity index (χ0n) is 18.0. The van der Waals surface area contributed by atoms with Crippen molar-refractivity contribution in [1.29, 1.82) is 0 Å². The van der Waals surface area contributed by atoms with Gasteiger partial charge in [-0.3, -0.25) is 9.78 Å². The van der Waals surface area contributed by atoms with Crippen molar-refractivity contribution in [2.45, 2.75) is 18.3 Å². The molecule has 0 radical (unpaired) electrons. The van der Waals surface area contributed by atoms with Crippen molar-refractivity contribution in [3.63, 3.8) is 0 Å². The number of hydrogen-bond donors (Lipinski definition) is 1. The lowest BCUT2D eigenvalue weighted by Crippen LogP contribution is -2.44. The van der Waals surface area contributed by atoms with E-state index in [9.17, 15) is 9.18 Å². The molecule has 4 rings (SSSR count). The maximum atomic E-state index is 14.4. The van der Waals surface area contributed by atoms with Crippen LogP contribution in [0.1, 0.15) is 24.0 Å². The van der Waals surface area contributed by atoms with Crippen molar-refractivity contribution in [1.82, 2.24) is 10.3 Å². The number of nitrogens with one attached hydrogen (secondary N) is 1. The Kier molecular flexibility index (Phi) is 7.37. The number of ether oxygens (including phenoxy) is 2. The number of benzene rings is 2. The number of nitrogens with zero attached hydrogens (tertiary/aromatic N) is 1. The van der Waals surface area contributed by atoms with Gasteiger partial charge in [-0.05, 0) is 66.4 Å². The third-order valence-corrected chi connectivity index (χ3v) is 6.00. The lowest BCUT2D eigenvalue weighted by atomic mass is 9.74. The minimum atomic E-state index is -0.523. The quantitative estimate of drug-likeness (QED) is 0.464. The first-order valence-electron chi connectivity index (χ1n) is 10.7. The minimum Gasteiger partial charge on any atom is -0.453 e. The molecule has 0 saturated carbocycles. The number of hydrogen-bond acceptors (Lipinski definition) is 4. The van der Waals surface area contributed by atoms with Crippen LogP contribution in [-0.2, 0) is 14.9 Å². The van der Waals surface area contributed by atoms with Crippen molar-refractivity contribution in [3.8, 4) is 11.5 Å². The summed E-state index contributed by atoms with van der Waals surface area (Å²) in [6.07, 6.45) is 7.72. The summed E-state index contributed by atoms with van der Waals surface area (Å²) in [7, 11) is 0. The van der Waals surface area contributed by atoms with Gasteiger partial charge in [0.25, 0.3) is 0 Å². The zero-order chi connectivity index (χ0) is 23.1. The molecule has 7 heteroatoms. The number of carbonyl (C=O) groups excluding carboxylic acids is 1. The maximum Gasteiger partial charge on any atom is 0.244 e. The van der Waals surface area contributed by atoms with Crippen LogP contribution < -0.4 is 10.1 Å². The Balaban J connectivity index is 1.39. The van der Waals surface area contributed by atoms with Crippen LogP contribution >= 0.6 is 11.6 Å². The third kappa shape index (κ3) is 5.97. The average molecular weight is 467 g/mol. The van der Waals surface area contributed by atoms with E-state index in [1.807, 2.05) is 24.3 Å². The standard InChI is InChI=1S/C26H24ClFN2O3/c27-21-7-5-20(6-8-21)26(11-14-32-15-12-26)18-30-25(31)10-4-19-3-9-24(23(28)16-19)33-22-2-1-13-29-17-22/h1-10,13,16-17H,11-12,14-15,18H2,(H,30,31)/b10-4+. The van der Waals surface area contributed by atoms with Gasteiger partial charge in [0.1, 0.15) is 5.75 Å². The number of aromatic nitrogens is 1. The Labute approximate surface area is 197 Å². The fraction of sp³-hybridized carbons (Fsp3) is 0.231.